The monoisotopic (exact) mass is 1240 g/mol. The van der Waals surface area contributed by atoms with Crippen LogP contribution in [0.2, 0.25) is 0 Å². The Morgan fingerprint density at radius 3 is 1.54 bits per heavy atom. The number of carboxylic acid groups (broad SMARTS) is 2. The number of aromatic amines is 1. The maximum Gasteiger partial charge on any atom is 0.326 e. The third kappa shape index (κ3) is 26.7. The molecule has 1 aromatic heterocycles. The minimum absolute atomic E-state index is 0.0420. The molecule has 0 aliphatic carbocycles. The molecule has 0 fully saturated rings. The second-order valence-corrected chi connectivity index (χ2v) is 23.0. The predicted molar refractivity (Wildman–Crippen MR) is 325 cm³/mol. The number of imidazole rings is 1. The molecular weight excluding hydrogens is 1150 g/mol. The van der Waals surface area contributed by atoms with Gasteiger partial charge in [0.15, 0.2) is 5.96 Å². The fourth-order valence-electron chi connectivity index (χ4n) is 8.78. The van der Waals surface area contributed by atoms with Gasteiger partial charge in [-0.2, -0.15) is 11.8 Å². The van der Waals surface area contributed by atoms with Crippen molar-refractivity contribution in [3.05, 3.63) is 54.1 Å². The third-order valence-corrected chi connectivity index (χ3v) is 15.2. The molecule has 29 nitrogen and oxygen atoms in total. The Labute approximate surface area is 512 Å². The number of carbonyl (C=O) groups excluding carboxylic acids is 9. The van der Waals surface area contributed by atoms with Gasteiger partial charge in [-0.1, -0.05) is 105 Å². The van der Waals surface area contributed by atoms with E-state index in [4.69, 9.17) is 17.2 Å². The van der Waals surface area contributed by atoms with Crippen molar-refractivity contribution in [2.75, 3.05) is 25.2 Å². The van der Waals surface area contributed by atoms with Crippen LogP contribution in [0.1, 0.15) is 118 Å². The number of H-pyrrole nitrogens is 1. The molecule has 0 saturated carbocycles. The van der Waals surface area contributed by atoms with E-state index in [1.54, 1.807) is 78.8 Å². The number of nitrogens with one attached hydrogen (secondary N) is 10. The molecule has 2 rings (SSSR count). The molecule has 486 valence electrons. The molecule has 19 N–H and O–H groups in total. The predicted octanol–water partition coefficient (Wildman–Crippen LogP) is -1.57. The van der Waals surface area contributed by atoms with E-state index in [1.165, 1.54) is 24.3 Å². The summed E-state index contributed by atoms with van der Waals surface area (Å²) in [6, 6.07) is -5.61. The molecule has 30 heteroatoms. The molecular formula is C57H93N15O14S. The van der Waals surface area contributed by atoms with Crippen LogP contribution in [-0.2, 0) is 65.6 Å². The highest BCUT2D eigenvalue weighted by molar-refractivity contribution is 7.98. The highest BCUT2D eigenvalue weighted by Crippen LogP contribution is 2.16. The first-order valence-corrected chi connectivity index (χ1v) is 30.6. The van der Waals surface area contributed by atoms with Gasteiger partial charge in [0, 0.05) is 31.3 Å². The first-order chi connectivity index (χ1) is 41.1. The number of aliphatic hydroxyl groups excluding tert-OH is 1. The average Bonchev–Trinajstić information content (AvgIpc) is 4.08. The Morgan fingerprint density at radius 2 is 1.05 bits per heavy atom. The highest BCUT2D eigenvalue weighted by atomic mass is 32.2. The molecule has 13 atom stereocenters. The summed E-state index contributed by atoms with van der Waals surface area (Å²) in [5.41, 5.74) is 18.2. The molecule has 0 saturated heterocycles. The summed E-state index contributed by atoms with van der Waals surface area (Å²) >= 11 is 1.51. The number of aliphatic carboxylic acids is 2. The summed E-state index contributed by atoms with van der Waals surface area (Å²) in [5, 5.41) is 53.1. The first-order valence-electron chi connectivity index (χ1n) is 29.2. The number of thioether (sulfide) groups is 1. The lowest BCUT2D eigenvalue weighted by atomic mass is 9.94. The van der Waals surface area contributed by atoms with Crippen LogP contribution in [0.5, 0.6) is 0 Å². The van der Waals surface area contributed by atoms with E-state index in [0.717, 1.165) is 0 Å². The standard InChI is InChI=1S/C57H93N15O14S/c1-10-31(6)44(54(83)69-42(28-73)52(81)68-41(56(85)86)25-35-27-61-29-63-35)71-51(80)38(23-30(4)5)65-50(79)40(26-43(74)75)66-48(77)37(19-16-21-62-57(59)60)64-49(78)39(24-34-17-14-13-15-18-34)67-53(82)45(32(7)11-2)72-55(84)46(33(8)12-3)70-47(76)36(58)20-22-87-9/h13-15,17-18,27,29-33,36-42,44-46,73H,10-12,16,19-26,28,58H2,1-9H3,(H,61,63)(H,64,78)(H,65,79)(H,66,77)(H,67,82)(H,68,81)(H,69,83)(H,70,76)(H,71,80)(H,72,84)(H,74,75)(H,85,86)(H4,59,60,62)/t31-,32-,33-,36-,37-,38-,39-,40-,41-,42-,44-,45-,46-/m0/s1. The number of aromatic nitrogens is 2. The summed E-state index contributed by atoms with van der Waals surface area (Å²) in [6.07, 6.45) is 4.42. The van der Waals surface area contributed by atoms with Crippen molar-refractivity contribution in [1.29, 1.82) is 0 Å². The van der Waals surface area contributed by atoms with Crippen LogP contribution in [0.3, 0.4) is 0 Å². The van der Waals surface area contributed by atoms with Gasteiger partial charge in [0.2, 0.25) is 53.2 Å². The summed E-state index contributed by atoms with van der Waals surface area (Å²) in [4.78, 5) is 161. The van der Waals surface area contributed by atoms with Gasteiger partial charge in [-0.05, 0) is 66.9 Å². The van der Waals surface area contributed by atoms with Crippen molar-refractivity contribution in [2.24, 2.45) is 45.9 Å². The maximum absolute atomic E-state index is 14.7. The normalized spacial score (nSPS) is 15.7. The van der Waals surface area contributed by atoms with Gasteiger partial charge >= 0.3 is 11.9 Å². The third-order valence-electron chi connectivity index (χ3n) is 14.6. The molecule has 0 unspecified atom stereocenters. The molecule has 9 amide bonds. The zero-order valence-corrected chi connectivity index (χ0v) is 52.0. The summed E-state index contributed by atoms with van der Waals surface area (Å²) in [5.74, 6) is -12.5. The second kappa shape index (κ2) is 39.0. The number of carboxylic acids is 2. The molecule has 87 heavy (non-hydrogen) atoms. The SMILES string of the molecule is CC[C@H](C)[C@H](NC(=O)[C@H](CC(C)C)NC(=O)[C@H](CC(=O)O)NC(=O)[C@H](CCCN=C(N)N)NC(=O)[C@H](Cc1ccccc1)NC(=O)[C@@H](NC(=O)[C@@H](NC(=O)[C@@H](N)CCSC)[C@@H](C)CC)[C@@H](C)CC)C(=O)N[C@@H](CO)C(=O)N[C@@H](Cc1cnc[nH]1)C(=O)O. The molecule has 0 bridgehead atoms. The van der Waals surface area contributed by atoms with Crippen LogP contribution in [0.25, 0.3) is 0 Å². The smallest absolute Gasteiger partial charge is 0.326 e. The first kappa shape index (κ1) is 75.2. The van der Waals surface area contributed by atoms with Gasteiger partial charge in [-0.25, -0.2) is 9.78 Å². The number of rotatable bonds is 41. The van der Waals surface area contributed by atoms with Crippen molar-refractivity contribution in [3.8, 4) is 0 Å². The van der Waals surface area contributed by atoms with Crippen molar-refractivity contribution < 1.29 is 68.1 Å². The van der Waals surface area contributed by atoms with Gasteiger partial charge in [0.1, 0.15) is 54.4 Å². The van der Waals surface area contributed by atoms with Crippen LogP contribution in [0.4, 0.5) is 0 Å². The topological polar surface area (TPSA) is 476 Å². The molecule has 2 aromatic rings. The highest BCUT2D eigenvalue weighted by Gasteiger charge is 2.38. The second-order valence-electron chi connectivity index (χ2n) is 22.0. The van der Waals surface area contributed by atoms with Gasteiger partial charge in [-0.15, -0.1) is 0 Å². The Bertz CT molecular complexity index is 2590. The van der Waals surface area contributed by atoms with Crippen LogP contribution < -0.4 is 65.1 Å². The van der Waals surface area contributed by atoms with Crippen LogP contribution in [-0.4, -0.2) is 182 Å². The maximum atomic E-state index is 14.7. The Hall–Kier alpha value is -7.86. The van der Waals surface area contributed by atoms with E-state index in [2.05, 4.69) is 62.8 Å². The largest absolute Gasteiger partial charge is 0.481 e. The molecule has 1 aromatic carbocycles. The number of hydrogen-bond donors (Lipinski definition) is 16. The van der Waals surface area contributed by atoms with E-state index in [0.29, 0.717) is 36.3 Å². The fourth-order valence-corrected chi connectivity index (χ4v) is 9.27. The zero-order valence-electron chi connectivity index (χ0n) is 51.2. The Balaban J connectivity index is 2.52. The number of aliphatic hydroxyl groups is 1. The van der Waals surface area contributed by atoms with E-state index in [1.807, 2.05) is 13.2 Å². The zero-order chi connectivity index (χ0) is 65.5. The van der Waals surface area contributed by atoms with Crippen molar-refractivity contribution in [3.63, 3.8) is 0 Å². The number of guanidine groups is 1. The lowest BCUT2D eigenvalue weighted by molar-refractivity contribution is -0.143. The number of carbonyl (C=O) groups is 11. The van der Waals surface area contributed by atoms with Crippen LogP contribution in [0, 0.1) is 23.7 Å². The summed E-state index contributed by atoms with van der Waals surface area (Å²) < 4.78 is 0. The number of nitrogens with two attached hydrogens (primary N) is 3. The molecule has 0 spiro atoms. The average molecular weight is 1240 g/mol. The van der Waals surface area contributed by atoms with Gasteiger partial charge in [0.25, 0.3) is 0 Å². The number of hydrogen-bond acceptors (Lipinski definition) is 16. The van der Waals surface area contributed by atoms with Gasteiger partial charge in [-0.3, -0.25) is 52.9 Å². The molecule has 0 aliphatic rings. The van der Waals surface area contributed by atoms with E-state index < -0.39 is 150 Å². The lowest BCUT2D eigenvalue weighted by Gasteiger charge is -2.31. The minimum atomic E-state index is -1.90. The quantitative estimate of drug-likeness (QED) is 0.0203. The van der Waals surface area contributed by atoms with Gasteiger partial charge < -0.3 is 85.4 Å². The summed E-state index contributed by atoms with van der Waals surface area (Å²) in [7, 11) is 0. The minimum Gasteiger partial charge on any atom is -0.481 e. The van der Waals surface area contributed by atoms with Crippen molar-refractivity contribution in [2.45, 2.75) is 180 Å². The van der Waals surface area contributed by atoms with Gasteiger partial charge in [0.05, 0.1) is 25.4 Å². The van der Waals surface area contributed by atoms with E-state index in [-0.39, 0.29) is 62.9 Å². The lowest BCUT2D eigenvalue weighted by Crippen LogP contribution is -2.62. The fraction of sp³-hybridized carbons (Fsp3) is 0.632. The number of aliphatic imine (C=N–C) groups is 1. The molecule has 1 heterocycles. The van der Waals surface area contributed by atoms with E-state index in [9.17, 15) is 68.1 Å². The van der Waals surface area contributed by atoms with Crippen LogP contribution >= 0.6 is 11.8 Å². The van der Waals surface area contributed by atoms with Crippen molar-refractivity contribution in [1.82, 2.24) is 57.8 Å². The van der Waals surface area contributed by atoms with Crippen molar-refractivity contribution >= 4 is 82.8 Å². The number of amides is 9. The number of benzene rings is 1. The van der Waals surface area contributed by atoms with E-state index >= 15 is 0 Å². The Morgan fingerprint density at radius 1 is 0.586 bits per heavy atom. The Kier molecular flexibility index (Phi) is 33.8. The van der Waals surface area contributed by atoms with Crippen LogP contribution in [0.15, 0.2) is 47.8 Å². The number of nitrogens with zero attached hydrogens (tertiary/aromatic N) is 2. The summed E-state index contributed by atoms with van der Waals surface area (Å²) in [6.45, 7) is 12.8. The molecule has 0 radical (unpaired) electrons. The molecule has 0 aliphatic heterocycles.